The monoisotopic (exact) mass is 339 g/mol. The third-order valence-electron chi connectivity index (χ3n) is 2.77. The quantitative estimate of drug-likeness (QED) is 0.732. The summed E-state index contributed by atoms with van der Waals surface area (Å²) in [5.74, 6) is -2.05. The molecule has 2 aromatic rings. The molecule has 0 fully saturated rings. The van der Waals surface area contributed by atoms with Crippen LogP contribution in [0.15, 0.2) is 34.8 Å². The SMILES string of the molecule is Cc1cc(Br)c(F)cc1NC(=O)c1cccc(O)c1O. The summed E-state index contributed by atoms with van der Waals surface area (Å²) >= 11 is 3.05. The zero-order chi connectivity index (χ0) is 14.9. The van der Waals surface area contributed by atoms with Crippen LogP contribution < -0.4 is 5.32 Å². The second-order valence-corrected chi connectivity index (χ2v) is 5.06. The van der Waals surface area contributed by atoms with E-state index in [1.807, 2.05) is 0 Å². The smallest absolute Gasteiger partial charge is 0.259 e. The molecule has 6 heteroatoms. The molecule has 0 atom stereocenters. The maximum Gasteiger partial charge on any atom is 0.259 e. The molecule has 0 saturated heterocycles. The Kier molecular flexibility index (Phi) is 3.94. The van der Waals surface area contributed by atoms with Crippen LogP contribution in [0.5, 0.6) is 11.5 Å². The van der Waals surface area contributed by atoms with E-state index in [1.165, 1.54) is 30.3 Å². The molecule has 3 N–H and O–H groups in total. The summed E-state index contributed by atoms with van der Waals surface area (Å²) in [4.78, 5) is 12.0. The first-order chi connectivity index (χ1) is 9.40. The van der Waals surface area contributed by atoms with Gasteiger partial charge in [0, 0.05) is 5.69 Å². The predicted octanol–water partition coefficient (Wildman–Crippen LogP) is 3.56. The van der Waals surface area contributed by atoms with Crippen LogP contribution in [-0.4, -0.2) is 16.1 Å². The van der Waals surface area contributed by atoms with Crippen LogP contribution >= 0.6 is 15.9 Å². The van der Waals surface area contributed by atoms with Gasteiger partial charge in [0.1, 0.15) is 5.82 Å². The van der Waals surface area contributed by atoms with Crippen molar-refractivity contribution >= 4 is 27.5 Å². The third kappa shape index (κ3) is 2.75. The molecule has 0 heterocycles. The van der Waals surface area contributed by atoms with Gasteiger partial charge in [-0.05, 0) is 52.7 Å². The van der Waals surface area contributed by atoms with E-state index in [0.717, 1.165) is 0 Å². The molecule has 2 rings (SSSR count). The number of carbonyl (C=O) groups excluding carboxylic acids is 1. The molecule has 0 unspecified atom stereocenters. The van der Waals surface area contributed by atoms with E-state index < -0.39 is 23.2 Å². The molecule has 0 aromatic heterocycles. The van der Waals surface area contributed by atoms with E-state index in [1.54, 1.807) is 6.92 Å². The summed E-state index contributed by atoms with van der Waals surface area (Å²) in [7, 11) is 0. The van der Waals surface area contributed by atoms with Crippen LogP contribution in [0.3, 0.4) is 0 Å². The first-order valence-electron chi connectivity index (χ1n) is 5.68. The lowest BCUT2D eigenvalue weighted by atomic mass is 10.1. The fraction of sp³-hybridized carbons (Fsp3) is 0.0714. The van der Waals surface area contributed by atoms with Gasteiger partial charge in [-0.15, -0.1) is 0 Å². The Morgan fingerprint density at radius 3 is 2.70 bits per heavy atom. The lowest BCUT2D eigenvalue weighted by molar-refractivity contribution is 0.102. The van der Waals surface area contributed by atoms with Gasteiger partial charge in [-0.25, -0.2) is 4.39 Å². The number of aryl methyl sites for hydroxylation is 1. The van der Waals surface area contributed by atoms with Gasteiger partial charge in [0.2, 0.25) is 0 Å². The number of nitrogens with one attached hydrogen (secondary N) is 1. The summed E-state index contributed by atoms with van der Waals surface area (Å²) in [6.07, 6.45) is 0. The molecule has 20 heavy (non-hydrogen) atoms. The summed E-state index contributed by atoms with van der Waals surface area (Å²) in [5, 5.41) is 21.5. The van der Waals surface area contributed by atoms with Crippen molar-refractivity contribution in [2.24, 2.45) is 0 Å². The molecule has 0 aliphatic heterocycles. The van der Waals surface area contributed by atoms with Crippen molar-refractivity contribution in [1.82, 2.24) is 0 Å². The summed E-state index contributed by atoms with van der Waals surface area (Å²) in [6.45, 7) is 1.71. The molecular weight excluding hydrogens is 329 g/mol. The molecule has 0 bridgehead atoms. The number of hydrogen-bond acceptors (Lipinski definition) is 3. The molecule has 0 aliphatic rings. The highest BCUT2D eigenvalue weighted by Crippen LogP contribution is 2.30. The highest BCUT2D eigenvalue weighted by Gasteiger charge is 2.15. The number of phenols is 2. The zero-order valence-corrected chi connectivity index (χ0v) is 12.0. The lowest BCUT2D eigenvalue weighted by Crippen LogP contribution is -2.13. The number of para-hydroxylation sites is 1. The van der Waals surface area contributed by atoms with Crippen molar-refractivity contribution in [1.29, 1.82) is 0 Å². The summed E-state index contributed by atoms with van der Waals surface area (Å²) < 4.78 is 13.8. The molecule has 1 amide bonds. The number of amides is 1. The predicted molar refractivity (Wildman–Crippen MR) is 76.6 cm³/mol. The number of benzene rings is 2. The largest absolute Gasteiger partial charge is 0.504 e. The van der Waals surface area contributed by atoms with E-state index in [9.17, 15) is 19.4 Å². The standard InChI is InChI=1S/C14H11BrFNO3/c1-7-5-9(15)10(16)6-11(7)17-14(20)8-3-2-4-12(18)13(8)19/h2-6,18-19H,1H3,(H,17,20). The minimum atomic E-state index is -0.636. The number of rotatable bonds is 2. The minimum absolute atomic E-state index is 0.0901. The van der Waals surface area contributed by atoms with Crippen LogP contribution in [0.25, 0.3) is 0 Å². The highest BCUT2D eigenvalue weighted by molar-refractivity contribution is 9.10. The molecule has 2 aromatic carbocycles. The van der Waals surface area contributed by atoms with Crippen molar-refractivity contribution in [3.05, 3.63) is 51.7 Å². The number of phenolic OH excluding ortho intramolecular Hbond substituents is 2. The Morgan fingerprint density at radius 1 is 1.30 bits per heavy atom. The second kappa shape index (κ2) is 5.50. The van der Waals surface area contributed by atoms with E-state index in [4.69, 9.17) is 0 Å². The molecule has 104 valence electrons. The Bertz CT molecular complexity index is 688. The van der Waals surface area contributed by atoms with Gasteiger partial charge >= 0.3 is 0 Å². The van der Waals surface area contributed by atoms with Crippen molar-refractivity contribution in [3.63, 3.8) is 0 Å². The minimum Gasteiger partial charge on any atom is -0.504 e. The van der Waals surface area contributed by atoms with E-state index in [-0.39, 0.29) is 5.56 Å². The number of halogens is 2. The second-order valence-electron chi connectivity index (χ2n) is 4.21. The molecule has 0 radical (unpaired) electrons. The van der Waals surface area contributed by atoms with Gasteiger partial charge in [0.25, 0.3) is 5.91 Å². The van der Waals surface area contributed by atoms with Gasteiger partial charge in [0.15, 0.2) is 11.5 Å². The van der Waals surface area contributed by atoms with Crippen molar-refractivity contribution in [2.75, 3.05) is 5.32 Å². The maximum absolute atomic E-state index is 13.5. The Labute approximate surface area is 123 Å². The molecule has 0 spiro atoms. The molecule has 4 nitrogen and oxygen atoms in total. The third-order valence-corrected chi connectivity index (χ3v) is 3.38. The molecule has 0 saturated carbocycles. The van der Waals surface area contributed by atoms with Gasteiger partial charge in [-0.3, -0.25) is 4.79 Å². The summed E-state index contributed by atoms with van der Waals surface area (Å²) in [6, 6.07) is 6.76. The van der Waals surface area contributed by atoms with Crippen molar-refractivity contribution in [2.45, 2.75) is 6.92 Å². The van der Waals surface area contributed by atoms with Crippen LogP contribution in [0.2, 0.25) is 0 Å². The van der Waals surface area contributed by atoms with E-state index >= 15 is 0 Å². The van der Waals surface area contributed by atoms with Crippen LogP contribution in [-0.2, 0) is 0 Å². The number of anilines is 1. The van der Waals surface area contributed by atoms with Crippen molar-refractivity contribution < 1.29 is 19.4 Å². The van der Waals surface area contributed by atoms with E-state index in [2.05, 4.69) is 21.2 Å². The molecule has 0 aliphatic carbocycles. The fourth-order valence-electron chi connectivity index (χ4n) is 1.69. The number of aromatic hydroxyl groups is 2. The zero-order valence-electron chi connectivity index (χ0n) is 10.4. The summed E-state index contributed by atoms with van der Waals surface area (Å²) in [5.41, 5.74) is 0.859. The first kappa shape index (κ1) is 14.3. The van der Waals surface area contributed by atoms with Gasteiger partial charge in [-0.1, -0.05) is 6.07 Å². The molecular formula is C14H11BrFNO3. The highest BCUT2D eigenvalue weighted by atomic mass is 79.9. The van der Waals surface area contributed by atoms with E-state index in [0.29, 0.717) is 15.7 Å². The average molecular weight is 340 g/mol. The lowest BCUT2D eigenvalue weighted by Gasteiger charge is -2.11. The van der Waals surface area contributed by atoms with Gasteiger partial charge in [-0.2, -0.15) is 0 Å². The maximum atomic E-state index is 13.5. The van der Waals surface area contributed by atoms with Gasteiger partial charge in [0.05, 0.1) is 10.0 Å². The first-order valence-corrected chi connectivity index (χ1v) is 6.47. The Morgan fingerprint density at radius 2 is 2.00 bits per heavy atom. The Balaban J connectivity index is 2.33. The normalized spacial score (nSPS) is 10.3. The fourth-order valence-corrected chi connectivity index (χ4v) is 2.14. The topological polar surface area (TPSA) is 69.6 Å². The van der Waals surface area contributed by atoms with Crippen LogP contribution in [0, 0.1) is 12.7 Å². The number of carbonyl (C=O) groups is 1. The average Bonchev–Trinajstić information content (AvgIpc) is 2.39. The van der Waals surface area contributed by atoms with Crippen LogP contribution in [0.4, 0.5) is 10.1 Å². The number of hydrogen-bond donors (Lipinski definition) is 3. The Hall–Kier alpha value is -2.08. The van der Waals surface area contributed by atoms with Crippen LogP contribution in [0.1, 0.15) is 15.9 Å². The van der Waals surface area contributed by atoms with Crippen molar-refractivity contribution in [3.8, 4) is 11.5 Å². The van der Waals surface area contributed by atoms with Gasteiger partial charge < -0.3 is 15.5 Å².